The van der Waals surface area contributed by atoms with E-state index in [1.54, 1.807) is 0 Å². The van der Waals surface area contributed by atoms with Gasteiger partial charge in [-0.25, -0.2) is 0 Å². The minimum absolute atomic E-state index is 0.0908. The molecule has 1 N–H and O–H groups in total. The van der Waals surface area contributed by atoms with E-state index >= 15 is 0 Å². The standard InChI is InChI=1S/C32H54O/c1-21(2)27(4,5)15-12-22(3)23-13-16-30(9)25-11-10-24-28(6,7)26(33)14-17-31(24)20-32(25,31)19-18-29(23,30)8/h22-26,33H,1,10-20H2,2-9H3/t22-,23-,24+,25+,26+,29-,30+,31-,32+/m1/s1. The minimum atomic E-state index is -0.0908. The molecule has 0 heterocycles. The van der Waals surface area contributed by atoms with Crippen LogP contribution in [0.3, 0.4) is 0 Å². The second-order valence-corrected chi connectivity index (χ2v) is 15.7. The van der Waals surface area contributed by atoms with Crippen molar-refractivity contribution in [1.29, 1.82) is 0 Å². The van der Waals surface area contributed by atoms with Crippen molar-refractivity contribution in [3.05, 3.63) is 12.2 Å². The molecule has 5 saturated carbocycles. The summed E-state index contributed by atoms with van der Waals surface area (Å²) in [7, 11) is 0. The van der Waals surface area contributed by atoms with Crippen LogP contribution in [0.5, 0.6) is 0 Å². The molecule has 0 aromatic rings. The monoisotopic (exact) mass is 454 g/mol. The van der Waals surface area contributed by atoms with Gasteiger partial charge in [-0.2, -0.15) is 0 Å². The molecule has 1 nitrogen and oxygen atoms in total. The quantitative estimate of drug-likeness (QED) is 0.411. The first-order chi connectivity index (χ1) is 15.2. The van der Waals surface area contributed by atoms with E-state index in [0.29, 0.717) is 21.7 Å². The number of aliphatic hydroxyl groups excluding tert-OH is 1. The van der Waals surface area contributed by atoms with Crippen LogP contribution in [0.4, 0.5) is 0 Å². The van der Waals surface area contributed by atoms with Crippen molar-refractivity contribution in [3.63, 3.8) is 0 Å². The number of aliphatic hydroxyl groups is 1. The van der Waals surface area contributed by atoms with E-state index in [2.05, 4.69) is 62.0 Å². The Morgan fingerprint density at radius 1 is 0.909 bits per heavy atom. The van der Waals surface area contributed by atoms with Gasteiger partial charge in [0.05, 0.1) is 6.10 Å². The predicted octanol–water partition coefficient (Wildman–Crippen LogP) is 8.81. The highest BCUT2D eigenvalue weighted by molar-refractivity contribution is 5.30. The third-order valence-corrected chi connectivity index (χ3v) is 14.2. The zero-order chi connectivity index (χ0) is 24.2. The molecule has 0 aromatic heterocycles. The van der Waals surface area contributed by atoms with Gasteiger partial charge in [-0.1, -0.05) is 60.6 Å². The topological polar surface area (TPSA) is 20.2 Å². The lowest BCUT2D eigenvalue weighted by molar-refractivity contribution is -0.161. The first-order valence-electron chi connectivity index (χ1n) is 14.5. The largest absolute Gasteiger partial charge is 0.393 e. The predicted molar refractivity (Wildman–Crippen MR) is 140 cm³/mol. The Morgan fingerprint density at radius 2 is 1.55 bits per heavy atom. The van der Waals surface area contributed by atoms with E-state index < -0.39 is 0 Å². The molecule has 5 rings (SSSR count). The van der Waals surface area contributed by atoms with Crippen LogP contribution in [0.1, 0.15) is 126 Å². The van der Waals surface area contributed by atoms with Gasteiger partial charge >= 0.3 is 0 Å². The van der Waals surface area contributed by atoms with Crippen molar-refractivity contribution in [2.75, 3.05) is 0 Å². The van der Waals surface area contributed by atoms with Crippen LogP contribution in [-0.2, 0) is 0 Å². The van der Waals surface area contributed by atoms with Gasteiger partial charge in [-0.3, -0.25) is 0 Å². The average Bonchev–Trinajstić information content (AvgIpc) is 3.32. The van der Waals surface area contributed by atoms with Crippen molar-refractivity contribution in [3.8, 4) is 0 Å². The molecule has 5 aliphatic rings. The van der Waals surface area contributed by atoms with E-state index in [1.807, 2.05) is 0 Å². The number of hydrogen-bond donors (Lipinski definition) is 1. The average molecular weight is 455 g/mol. The maximum atomic E-state index is 10.9. The molecule has 188 valence electrons. The molecule has 0 aromatic carbocycles. The molecule has 2 spiro atoms. The van der Waals surface area contributed by atoms with Gasteiger partial charge in [-0.05, 0) is 134 Å². The fraction of sp³-hybridized carbons (Fsp3) is 0.938. The van der Waals surface area contributed by atoms with Gasteiger partial charge < -0.3 is 5.11 Å². The van der Waals surface area contributed by atoms with Crippen LogP contribution in [0.15, 0.2) is 12.2 Å². The first-order valence-corrected chi connectivity index (χ1v) is 14.5. The Hall–Kier alpha value is -0.300. The van der Waals surface area contributed by atoms with Gasteiger partial charge in [0.15, 0.2) is 0 Å². The molecule has 0 radical (unpaired) electrons. The molecule has 1 heteroatoms. The van der Waals surface area contributed by atoms with Gasteiger partial charge in [0.1, 0.15) is 0 Å². The van der Waals surface area contributed by atoms with Crippen molar-refractivity contribution in [2.45, 2.75) is 132 Å². The van der Waals surface area contributed by atoms with Crippen LogP contribution >= 0.6 is 0 Å². The van der Waals surface area contributed by atoms with Crippen molar-refractivity contribution in [1.82, 2.24) is 0 Å². The maximum absolute atomic E-state index is 10.9. The number of hydrogen-bond acceptors (Lipinski definition) is 1. The van der Waals surface area contributed by atoms with Crippen molar-refractivity contribution >= 4 is 0 Å². The summed E-state index contributed by atoms with van der Waals surface area (Å²) in [5.74, 6) is 3.38. The molecular weight excluding hydrogens is 400 g/mol. The Kier molecular flexibility index (Phi) is 5.28. The van der Waals surface area contributed by atoms with E-state index in [4.69, 9.17) is 0 Å². The molecule has 33 heavy (non-hydrogen) atoms. The summed E-state index contributed by atoms with van der Waals surface area (Å²) in [6.45, 7) is 24.1. The smallest absolute Gasteiger partial charge is 0.0594 e. The van der Waals surface area contributed by atoms with Crippen molar-refractivity contribution < 1.29 is 5.11 Å². The Bertz CT molecular complexity index is 822. The second-order valence-electron chi connectivity index (χ2n) is 15.7. The lowest BCUT2D eigenvalue weighted by atomic mass is 9.41. The van der Waals surface area contributed by atoms with E-state index in [1.165, 1.54) is 69.8 Å². The summed E-state index contributed by atoms with van der Waals surface area (Å²) >= 11 is 0. The molecule has 0 saturated heterocycles. The summed E-state index contributed by atoms with van der Waals surface area (Å²) in [6, 6.07) is 0. The summed E-state index contributed by atoms with van der Waals surface area (Å²) in [4.78, 5) is 0. The first kappa shape index (κ1) is 24.4. The third-order valence-electron chi connectivity index (χ3n) is 14.2. The van der Waals surface area contributed by atoms with Crippen LogP contribution < -0.4 is 0 Å². The molecule has 0 amide bonds. The molecule has 5 fully saturated rings. The Morgan fingerprint density at radius 3 is 2.21 bits per heavy atom. The van der Waals surface area contributed by atoms with Crippen molar-refractivity contribution in [2.24, 2.45) is 56.2 Å². The van der Waals surface area contributed by atoms with Gasteiger partial charge in [0, 0.05) is 0 Å². The fourth-order valence-corrected chi connectivity index (χ4v) is 11.3. The minimum Gasteiger partial charge on any atom is -0.393 e. The number of allylic oxidation sites excluding steroid dienone is 1. The summed E-state index contributed by atoms with van der Waals surface area (Å²) < 4.78 is 0. The molecule has 9 atom stereocenters. The van der Waals surface area contributed by atoms with Gasteiger partial charge in [0.2, 0.25) is 0 Å². The zero-order valence-corrected chi connectivity index (χ0v) is 23.3. The molecule has 0 bridgehead atoms. The third kappa shape index (κ3) is 2.93. The normalized spacial score (nSPS) is 51.1. The summed E-state index contributed by atoms with van der Waals surface area (Å²) in [6.07, 6.45) is 15.0. The van der Waals surface area contributed by atoms with E-state index in [0.717, 1.165) is 30.1 Å². The lowest BCUT2D eigenvalue weighted by Crippen LogP contribution is -2.57. The lowest BCUT2D eigenvalue weighted by Gasteiger charge is -2.63. The van der Waals surface area contributed by atoms with Crippen LogP contribution in [-0.4, -0.2) is 11.2 Å². The molecule has 5 aliphatic carbocycles. The molecular formula is C32H54O. The highest BCUT2D eigenvalue weighted by atomic mass is 16.3. The molecule has 0 aliphatic heterocycles. The van der Waals surface area contributed by atoms with Gasteiger partial charge in [0.25, 0.3) is 0 Å². The van der Waals surface area contributed by atoms with Crippen LogP contribution in [0, 0.1) is 56.2 Å². The SMILES string of the molecule is C=C(C)C(C)(C)CC[C@@H](C)[C@H]1CC[C@@]2(C)[C@@H]3CC[C@H]4C(C)(C)[C@@H](O)CC[C@@]45C[C@@]35CC[C@]12C. The highest BCUT2D eigenvalue weighted by Gasteiger charge is 2.82. The Balaban J connectivity index is 1.38. The van der Waals surface area contributed by atoms with E-state index in [9.17, 15) is 5.11 Å². The Labute approximate surface area is 205 Å². The van der Waals surface area contributed by atoms with Gasteiger partial charge in [-0.15, -0.1) is 0 Å². The number of fused-ring (bicyclic) bond motifs is 2. The summed E-state index contributed by atoms with van der Waals surface area (Å²) in [5, 5.41) is 10.9. The van der Waals surface area contributed by atoms with Crippen LogP contribution in [0.25, 0.3) is 0 Å². The maximum Gasteiger partial charge on any atom is 0.0594 e. The van der Waals surface area contributed by atoms with Crippen LogP contribution in [0.2, 0.25) is 0 Å². The summed E-state index contributed by atoms with van der Waals surface area (Å²) in [5.41, 5.74) is 3.92. The highest BCUT2D eigenvalue weighted by Crippen LogP contribution is 2.89. The second kappa shape index (κ2) is 7.14. The van der Waals surface area contributed by atoms with E-state index in [-0.39, 0.29) is 16.9 Å². The zero-order valence-electron chi connectivity index (χ0n) is 23.3. The number of rotatable bonds is 5. The molecule has 0 unspecified atom stereocenters. The fourth-order valence-electron chi connectivity index (χ4n) is 11.3.